The van der Waals surface area contributed by atoms with Gasteiger partial charge >= 0.3 is 16.4 Å². The number of amides is 2. The molecule has 5 aromatic carbocycles. The fraction of sp³-hybridized carbons (Fsp3) is 0.365. The lowest BCUT2D eigenvalue weighted by Gasteiger charge is -2.43. The Labute approximate surface area is 477 Å². The number of nitrogens with one attached hydrogen (secondary N) is 2. The minimum absolute atomic E-state index is 0. The lowest BCUT2D eigenvalue weighted by molar-refractivity contribution is -0.161. The number of sulfonamides is 1. The van der Waals surface area contributed by atoms with E-state index in [4.69, 9.17) is 49.3 Å². The summed E-state index contributed by atoms with van der Waals surface area (Å²) in [6.45, 7) is 10.4. The number of carboxylic acids is 1. The first-order valence-corrected chi connectivity index (χ1v) is 27.5. The molecule has 2 aliphatic rings. The third kappa shape index (κ3) is 25.6. The van der Waals surface area contributed by atoms with Crippen LogP contribution in [0, 0.1) is 6.92 Å². The Balaban J connectivity index is 0. The molecule has 2 saturated heterocycles. The molecule has 0 spiro atoms. The van der Waals surface area contributed by atoms with Crippen molar-refractivity contribution in [3.8, 4) is 17.2 Å². The number of methoxy groups -OCH3 is 1. The van der Waals surface area contributed by atoms with Gasteiger partial charge in [0.15, 0.2) is 11.5 Å². The number of aliphatic hydroxyl groups excluding tert-OH is 1. The minimum Gasteiger partial charge on any atom is -0.508 e. The number of rotatable bonds is 17. The van der Waals surface area contributed by atoms with E-state index in [0.717, 1.165) is 12.8 Å². The number of phenolic OH excluding ortho intramolecular Hbond substituents is 1. The molecule has 0 radical (unpaired) electrons. The lowest BCUT2D eigenvalue weighted by Crippen LogP contribution is -2.71. The summed E-state index contributed by atoms with van der Waals surface area (Å²) in [6, 6.07) is 36.4. The normalized spacial score (nSPS) is 16.8. The van der Waals surface area contributed by atoms with E-state index in [1.165, 1.54) is 58.1 Å². The molecule has 2 fully saturated rings. The van der Waals surface area contributed by atoms with Gasteiger partial charge in [0, 0.05) is 29.9 Å². The van der Waals surface area contributed by atoms with E-state index in [9.17, 15) is 38.1 Å². The van der Waals surface area contributed by atoms with Gasteiger partial charge in [-0.3, -0.25) is 18.7 Å². The van der Waals surface area contributed by atoms with Gasteiger partial charge in [-0.1, -0.05) is 97.1 Å². The largest absolute Gasteiger partial charge is 0.508 e. The number of fused-ring (bicyclic) bond motifs is 1. The van der Waals surface area contributed by atoms with Crippen LogP contribution >= 0.6 is 24.2 Å². The summed E-state index contributed by atoms with van der Waals surface area (Å²) >= 11 is 1.35. The highest BCUT2D eigenvalue weighted by Crippen LogP contribution is 2.50. The predicted molar refractivity (Wildman–Crippen MR) is 309 cm³/mol. The first-order chi connectivity index (χ1) is 35.5. The van der Waals surface area contributed by atoms with Crippen LogP contribution in [0.4, 0.5) is 0 Å². The Kier molecular flexibility index (Phi) is 33.9. The van der Waals surface area contributed by atoms with E-state index in [-0.39, 0.29) is 58.1 Å². The van der Waals surface area contributed by atoms with Crippen LogP contribution in [0.2, 0.25) is 0 Å². The van der Waals surface area contributed by atoms with E-state index in [1.807, 2.05) is 74.5 Å². The van der Waals surface area contributed by atoms with Gasteiger partial charge in [0.25, 0.3) is 0 Å². The molecule has 28 heteroatoms. The lowest BCUT2D eigenvalue weighted by atomic mass is 9.95. The zero-order chi connectivity index (χ0) is 57.0. The van der Waals surface area contributed by atoms with Crippen LogP contribution in [0.5, 0.6) is 17.2 Å². The van der Waals surface area contributed by atoms with E-state index >= 15 is 0 Å². The van der Waals surface area contributed by atoms with Crippen molar-refractivity contribution in [3.63, 3.8) is 0 Å². The fourth-order valence-corrected chi connectivity index (χ4v) is 10.1. The van der Waals surface area contributed by atoms with E-state index < -0.39 is 72.6 Å². The average Bonchev–Trinajstić information content (AvgIpc) is 3.60. The summed E-state index contributed by atoms with van der Waals surface area (Å²) in [5.41, 5.74) is 21.3. The number of β-lactam (4-membered cyclic amide) rings is 1. The second-order valence-electron chi connectivity index (χ2n) is 18.2. The molecular formula is C52H78ClN7O17S3. The molecule has 21 N–H and O–H groups in total. The number of carbonyl (C=O) groups excluding carboxylic acids is 2. The highest BCUT2D eigenvalue weighted by Gasteiger charge is 2.64. The number of carboxylic acid groups (broad SMARTS) is 1. The van der Waals surface area contributed by atoms with Crippen molar-refractivity contribution in [1.82, 2.24) is 15.5 Å². The van der Waals surface area contributed by atoms with Crippen molar-refractivity contribution in [2.45, 2.75) is 98.8 Å². The number of aryl methyl sites for hydroxylation is 1. The molecule has 2 heterocycles. The molecule has 0 aliphatic carbocycles. The number of para-hydroxylation sites is 2. The Bertz CT molecular complexity index is 2810. The van der Waals surface area contributed by atoms with Crippen molar-refractivity contribution in [2.75, 3.05) is 26.8 Å². The predicted octanol–water partition coefficient (Wildman–Crippen LogP) is 1.82. The summed E-state index contributed by atoms with van der Waals surface area (Å²) in [5, 5.41) is 39.4. The Morgan fingerprint density at radius 3 is 1.69 bits per heavy atom. The van der Waals surface area contributed by atoms with E-state index in [2.05, 4.69) is 34.9 Å². The number of aliphatic carboxylic acids is 1. The van der Waals surface area contributed by atoms with E-state index in [1.54, 1.807) is 40.0 Å². The maximum absolute atomic E-state index is 12.3. The number of aliphatic hydroxyl groups is 1. The number of primary sulfonamides is 1. The Morgan fingerprint density at radius 2 is 1.24 bits per heavy atom. The van der Waals surface area contributed by atoms with Gasteiger partial charge in [-0.05, 0) is 106 Å². The zero-order valence-corrected chi connectivity index (χ0v) is 48.3. The van der Waals surface area contributed by atoms with Crippen molar-refractivity contribution in [1.29, 1.82) is 0 Å². The standard InChI is InChI=1S/C18H24N2O5S.C16H19N3O5S.2C9H13N.ClH.H2O4S.3H2O/c1-13-7-8-14(11-18(13)26(19,22)23)15(21)12-20-9-10-25-17-6-4-3-5-16(17)24-2;1-16(2)11(15(23)24)19-13(22)10(14(19)25-16)18-12(21)9(17)7-3-5-8(20)6-4-7;2*1-8(10)7-9-5-3-2-4-6-9;;1-5(2,3)4;;;/h3-8,11,15,20-21H,9-10,12H2,1-2H3,(H2,19,22,23);3-6,9-11,14,20H,17H2,1-2H3,(H,18,21)(H,23,24);2*2-6,8H,7,10H2,1H3;1H;(H2,1,2,3,4);3*1H2/t;9-,10-,11+,14-;;;;;;;/m.1......./s1. The average molecular weight is 1200 g/mol. The molecule has 80 heavy (non-hydrogen) atoms. The van der Waals surface area contributed by atoms with Crippen LogP contribution in [-0.4, -0.2) is 141 Å². The van der Waals surface area contributed by atoms with Gasteiger partial charge in [-0.2, -0.15) is 8.42 Å². The maximum Gasteiger partial charge on any atom is 0.394 e. The number of thioether (sulfide) groups is 1. The maximum atomic E-state index is 12.3. The van der Waals surface area contributed by atoms with Crippen LogP contribution in [0.3, 0.4) is 0 Å². The second-order valence-corrected chi connectivity index (χ2v) is 22.4. The first kappa shape index (κ1) is 76.1. The van der Waals surface area contributed by atoms with Crippen LogP contribution in [0.15, 0.2) is 132 Å². The molecule has 0 bridgehead atoms. The van der Waals surface area contributed by atoms with Gasteiger partial charge in [0.1, 0.15) is 35.9 Å². The number of nitrogens with two attached hydrogens (primary N) is 4. The second kappa shape index (κ2) is 35.7. The van der Waals surface area contributed by atoms with Crippen LogP contribution in [0.25, 0.3) is 0 Å². The fourth-order valence-electron chi connectivity index (χ4n) is 7.65. The summed E-state index contributed by atoms with van der Waals surface area (Å²) in [5.74, 6) is -0.636. The minimum atomic E-state index is -4.67. The molecule has 0 aromatic heterocycles. The van der Waals surface area contributed by atoms with Gasteiger partial charge in [0.05, 0.1) is 18.1 Å². The van der Waals surface area contributed by atoms with Crippen LogP contribution in [-0.2, 0) is 47.6 Å². The zero-order valence-electron chi connectivity index (χ0n) is 45.0. The number of hydrogen-bond donors (Lipinski definition) is 11. The monoisotopic (exact) mass is 1200 g/mol. The SMILES string of the molecule is CC(N)Cc1ccccc1.CC(N)Cc1ccccc1.CC1(C)S[C@@H]2[C@H](NC(=O)[C@H](N)c3ccc(O)cc3)C(=O)N2[C@H]1C(=O)O.COc1ccccc1OCCNCC(O)c1ccc(C)c(S(N)(=O)=O)c1.Cl.O.O.O.O=S(=O)(O)O. The third-order valence-corrected chi connectivity index (χ3v) is 13.8. The quantitative estimate of drug-likeness (QED) is 0.0359. The number of hydrogen-bond acceptors (Lipinski definition) is 16. The number of ether oxygens (including phenoxy) is 2. The Morgan fingerprint density at radius 1 is 0.775 bits per heavy atom. The molecular weight excluding hydrogens is 1130 g/mol. The van der Waals surface area contributed by atoms with Gasteiger partial charge in [-0.25, -0.2) is 18.4 Å². The van der Waals surface area contributed by atoms with Gasteiger partial charge in [-0.15, -0.1) is 24.2 Å². The molecule has 2 aliphatic heterocycles. The van der Waals surface area contributed by atoms with Crippen molar-refractivity contribution in [3.05, 3.63) is 155 Å². The topological polar surface area (TPSA) is 465 Å². The molecule has 2 amide bonds. The molecule has 3 unspecified atom stereocenters. The van der Waals surface area contributed by atoms with Gasteiger partial charge < -0.3 is 74.0 Å². The number of halogens is 1. The molecule has 24 nitrogen and oxygen atoms in total. The summed E-state index contributed by atoms with van der Waals surface area (Å²) < 4.78 is 64.9. The summed E-state index contributed by atoms with van der Waals surface area (Å²) in [4.78, 5) is 37.5. The smallest absolute Gasteiger partial charge is 0.394 e. The van der Waals surface area contributed by atoms with Crippen LogP contribution in [0.1, 0.15) is 67.7 Å². The highest BCUT2D eigenvalue weighted by atomic mass is 35.5. The molecule has 5 aromatic rings. The molecule has 448 valence electrons. The first-order valence-electron chi connectivity index (χ1n) is 23.7. The molecule has 7 atom stereocenters. The number of nitrogens with zero attached hydrogens (tertiary/aromatic N) is 1. The van der Waals surface area contributed by atoms with E-state index in [0.29, 0.717) is 41.3 Å². The highest BCUT2D eigenvalue weighted by molar-refractivity contribution is 8.01. The Hall–Kier alpha value is -5.99. The number of aromatic hydroxyl groups is 1. The number of benzene rings is 5. The van der Waals surface area contributed by atoms with Crippen molar-refractivity contribution < 1.29 is 81.5 Å². The van der Waals surface area contributed by atoms with Gasteiger partial charge in [0.2, 0.25) is 21.8 Å². The number of phenols is 1. The number of carbonyl (C=O) groups is 3. The van der Waals surface area contributed by atoms with Crippen molar-refractivity contribution in [2.24, 2.45) is 22.3 Å². The molecule has 0 saturated carbocycles. The summed E-state index contributed by atoms with van der Waals surface area (Å²) in [7, 11) is -6.91. The summed E-state index contributed by atoms with van der Waals surface area (Å²) in [6.07, 6.45) is 1.09. The van der Waals surface area contributed by atoms with Crippen molar-refractivity contribution >= 4 is 62.4 Å². The van der Waals surface area contributed by atoms with Crippen LogP contribution < -0.4 is 42.4 Å². The molecule has 7 rings (SSSR count). The third-order valence-electron chi connectivity index (χ3n) is 11.2.